The van der Waals surface area contributed by atoms with Crippen LogP contribution in [0.15, 0.2) is 64.7 Å². The number of carbonyl (C=O) groups is 1. The Balaban J connectivity index is 1.71. The predicted octanol–water partition coefficient (Wildman–Crippen LogP) is 3.72. The first-order valence-electron chi connectivity index (χ1n) is 8.27. The molecule has 27 heavy (non-hydrogen) atoms. The molecule has 0 aliphatic carbocycles. The normalized spacial score (nSPS) is 10.6. The highest BCUT2D eigenvalue weighted by molar-refractivity contribution is 7.99. The Hall–Kier alpha value is -2.93. The molecule has 0 fully saturated rings. The second kappa shape index (κ2) is 8.18. The summed E-state index contributed by atoms with van der Waals surface area (Å²) in [5.74, 6) is -0.537. The number of nitrogens with zero attached hydrogens (tertiary/aromatic N) is 2. The van der Waals surface area contributed by atoms with Crippen LogP contribution in [-0.2, 0) is 4.79 Å². The van der Waals surface area contributed by atoms with E-state index in [1.54, 1.807) is 0 Å². The fraction of sp³-hybridized carbons (Fsp3) is 0.150. The first-order chi connectivity index (χ1) is 12.9. The lowest BCUT2D eigenvalue weighted by Gasteiger charge is -2.09. The van der Waals surface area contributed by atoms with Crippen molar-refractivity contribution in [1.29, 1.82) is 0 Å². The average Bonchev–Trinajstić information content (AvgIpc) is 2.61. The molecule has 3 rings (SSSR count). The summed E-state index contributed by atoms with van der Waals surface area (Å²) in [4.78, 5) is 28.8. The van der Waals surface area contributed by atoms with Gasteiger partial charge in [-0.1, -0.05) is 17.8 Å². The van der Waals surface area contributed by atoms with E-state index < -0.39 is 0 Å². The van der Waals surface area contributed by atoms with Crippen LogP contribution in [0, 0.1) is 19.7 Å². The van der Waals surface area contributed by atoms with Gasteiger partial charge >= 0.3 is 0 Å². The topological polar surface area (TPSA) is 64.0 Å². The van der Waals surface area contributed by atoms with Crippen molar-refractivity contribution < 1.29 is 9.18 Å². The first-order valence-corrected chi connectivity index (χ1v) is 9.25. The quantitative estimate of drug-likeness (QED) is 0.682. The zero-order chi connectivity index (χ0) is 19.4. The van der Waals surface area contributed by atoms with Crippen LogP contribution in [0.25, 0.3) is 5.69 Å². The van der Waals surface area contributed by atoms with Crippen molar-refractivity contribution in [2.24, 2.45) is 0 Å². The Morgan fingerprint density at radius 3 is 2.48 bits per heavy atom. The Labute approximate surface area is 160 Å². The first kappa shape index (κ1) is 18.8. The van der Waals surface area contributed by atoms with E-state index >= 15 is 0 Å². The van der Waals surface area contributed by atoms with E-state index in [0.29, 0.717) is 5.69 Å². The van der Waals surface area contributed by atoms with E-state index in [0.717, 1.165) is 28.6 Å². The fourth-order valence-electron chi connectivity index (χ4n) is 2.68. The summed E-state index contributed by atoms with van der Waals surface area (Å²) in [6.45, 7) is 3.92. The summed E-state index contributed by atoms with van der Waals surface area (Å²) in [6.07, 6.45) is 2.99. The number of benzene rings is 2. The van der Waals surface area contributed by atoms with Crippen LogP contribution in [0.1, 0.15) is 11.1 Å². The maximum absolute atomic E-state index is 13.1. The Morgan fingerprint density at radius 2 is 1.81 bits per heavy atom. The number of aryl methyl sites for hydroxylation is 2. The summed E-state index contributed by atoms with van der Waals surface area (Å²) >= 11 is 1.06. The van der Waals surface area contributed by atoms with Gasteiger partial charge in [0.2, 0.25) is 5.91 Å². The fourth-order valence-corrected chi connectivity index (χ4v) is 3.37. The number of hydrogen-bond donors (Lipinski definition) is 1. The molecule has 2 aromatic carbocycles. The molecule has 7 heteroatoms. The molecule has 0 aliphatic rings. The summed E-state index contributed by atoms with van der Waals surface area (Å²) in [5.41, 5.74) is 3.02. The molecule has 0 radical (unpaired) electrons. The van der Waals surface area contributed by atoms with Gasteiger partial charge in [-0.05, 0) is 61.4 Å². The highest BCUT2D eigenvalue weighted by atomic mass is 32.2. The molecule has 1 heterocycles. The molecule has 0 saturated heterocycles. The van der Waals surface area contributed by atoms with E-state index in [4.69, 9.17) is 0 Å². The summed E-state index contributed by atoms with van der Waals surface area (Å²) < 4.78 is 14.4. The van der Waals surface area contributed by atoms with Gasteiger partial charge in [0.05, 0.1) is 5.75 Å². The van der Waals surface area contributed by atoms with E-state index in [9.17, 15) is 14.0 Å². The predicted molar refractivity (Wildman–Crippen MR) is 105 cm³/mol. The smallest absolute Gasteiger partial charge is 0.287 e. The van der Waals surface area contributed by atoms with Gasteiger partial charge in [0, 0.05) is 23.8 Å². The number of thioether (sulfide) groups is 1. The lowest BCUT2D eigenvalue weighted by atomic mass is 10.1. The standard InChI is InChI=1S/C20H18FN3O2S/c1-13-9-14(2)11-16(10-13)23-18(25)12-27-19-20(26)24(8-7-22-19)17-5-3-15(21)4-6-17/h3-11H,12H2,1-2H3,(H,23,25). The maximum Gasteiger partial charge on any atom is 0.287 e. The van der Waals surface area contributed by atoms with Crippen LogP contribution in [0.4, 0.5) is 10.1 Å². The highest BCUT2D eigenvalue weighted by Gasteiger charge is 2.11. The number of halogens is 1. The van der Waals surface area contributed by atoms with Crippen LogP contribution >= 0.6 is 11.8 Å². The number of hydrogen-bond acceptors (Lipinski definition) is 4. The van der Waals surface area contributed by atoms with Crippen molar-refractivity contribution in [2.75, 3.05) is 11.1 Å². The van der Waals surface area contributed by atoms with E-state index in [1.807, 2.05) is 32.0 Å². The highest BCUT2D eigenvalue weighted by Crippen LogP contribution is 2.16. The molecule has 0 unspecified atom stereocenters. The lowest BCUT2D eigenvalue weighted by Crippen LogP contribution is -2.22. The molecule has 1 amide bonds. The molecule has 138 valence electrons. The third kappa shape index (κ3) is 4.83. The molecule has 1 aromatic heterocycles. The molecule has 0 atom stereocenters. The minimum atomic E-state index is -0.376. The maximum atomic E-state index is 13.1. The third-order valence-corrected chi connectivity index (χ3v) is 4.72. The third-order valence-electron chi connectivity index (χ3n) is 3.76. The minimum Gasteiger partial charge on any atom is -0.325 e. The van der Waals surface area contributed by atoms with Crippen molar-refractivity contribution in [3.8, 4) is 5.69 Å². The molecule has 0 saturated carbocycles. The number of anilines is 1. The summed E-state index contributed by atoms with van der Waals surface area (Å²) in [5, 5.41) is 3.03. The van der Waals surface area contributed by atoms with Gasteiger partial charge in [-0.3, -0.25) is 14.2 Å². The second-order valence-electron chi connectivity index (χ2n) is 6.10. The van der Waals surface area contributed by atoms with Gasteiger partial charge in [-0.15, -0.1) is 0 Å². The van der Waals surface area contributed by atoms with Crippen molar-refractivity contribution in [1.82, 2.24) is 9.55 Å². The van der Waals surface area contributed by atoms with Crippen LogP contribution in [0.5, 0.6) is 0 Å². The largest absolute Gasteiger partial charge is 0.325 e. The zero-order valence-corrected chi connectivity index (χ0v) is 15.7. The zero-order valence-electron chi connectivity index (χ0n) is 14.9. The van der Waals surface area contributed by atoms with Crippen molar-refractivity contribution in [3.63, 3.8) is 0 Å². The molecular weight excluding hydrogens is 365 g/mol. The van der Waals surface area contributed by atoms with Gasteiger partial charge in [0.1, 0.15) is 5.82 Å². The lowest BCUT2D eigenvalue weighted by molar-refractivity contribution is -0.113. The number of rotatable bonds is 5. The number of carbonyl (C=O) groups excluding carboxylic acids is 1. The molecule has 1 N–H and O–H groups in total. The average molecular weight is 383 g/mol. The molecule has 0 aliphatic heterocycles. The number of aromatic nitrogens is 2. The van der Waals surface area contributed by atoms with Gasteiger partial charge < -0.3 is 5.32 Å². The van der Waals surface area contributed by atoms with Gasteiger partial charge in [0.25, 0.3) is 5.56 Å². The van der Waals surface area contributed by atoms with E-state index in [2.05, 4.69) is 10.3 Å². The van der Waals surface area contributed by atoms with Crippen LogP contribution in [0.2, 0.25) is 0 Å². The Kier molecular flexibility index (Phi) is 5.71. The summed E-state index contributed by atoms with van der Waals surface area (Å²) in [7, 11) is 0. The van der Waals surface area contributed by atoms with Crippen molar-refractivity contribution in [3.05, 3.63) is 82.2 Å². The monoisotopic (exact) mass is 383 g/mol. The van der Waals surface area contributed by atoms with Crippen LogP contribution < -0.4 is 10.9 Å². The second-order valence-corrected chi connectivity index (χ2v) is 7.06. The number of amides is 1. The molecular formula is C20H18FN3O2S. The molecule has 3 aromatic rings. The van der Waals surface area contributed by atoms with Gasteiger partial charge in [0.15, 0.2) is 5.03 Å². The summed E-state index contributed by atoms with van der Waals surface area (Å²) in [6, 6.07) is 11.4. The number of nitrogens with one attached hydrogen (secondary N) is 1. The molecule has 0 spiro atoms. The molecule has 5 nitrogen and oxygen atoms in total. The van der Waals surface area contributed by atoms with E-state index in [1.165, 1.54) is 41.2 Å². The van der Waals surface area contributed by atoms with Crippen molar-refractivity contribution in [2.45, 2.75) is 18.9 Å². The van der Waals surface area contributed by atoms with Gasteiger partial charge in [-0.25, -0.2) is 9.37 Å². The van der Waals surface area contributed by atoms with E-state index in [-0.39, 0.29) is 28.1 Å². The Bertz CT molecular complexity index is 1010. The van der Waals surface area contributed by atoms with Crippen LogP contribution in [-0.4, -0.2) is 21.2 Å². The SMILES string of the molecule is Cc1cc(C)cc(NC(=O)CSc2nccn(-c3ccc(F)cc3)c2=O)c1. The minimum absolute atomic E-state index is 0.0582. The van der Waals surface area contributed by atoms with Crippen LogP contribution in [0.3, 0.4) is 0 Å². The molecule has 0 bridgehead atoms. The van der Waals surface area contributed by atoms with Gasteiger partial charge in [-0.2, -0.15) is 0 Å². The Morgan fingerprint density at radius 1 is 1.15 bits per heavy atom. The van der Waals surface area contributed by atoms with Crippen molar-refractivity contribution >= 4 is 23.4 Å².